The first-order valence-corrected chi connectivity index (χ1v) is 5.87. The molecule has 1 aliphatic rings. The van der Waals surface area contributed by atoms with Gasteiger partial charge < -0.3 is 25.6 Å². The molecule has 1 fully saturated rings. The third-order valence-corrected chi connectivity index (χ3v) is 3.21. The molecule has 2 heterocycles. The minimum Gasteiger partial charge on any atom is -0.362 e. The van der Waals surface area contributed by atoms with Crippen LogP contribution in [0, 0.1) is 10.1 Å². The van der Waals surface area contributed by atoms with Crippen LogP contribution in [-0.4, -0.2) is 54.1 Å². The maximum Gasteiger partial charge on any atom is 0.363 e. The SMILES string of the molecule is CN1CCN(c2ccc([N+](=O)[O-])nc2)C(CN)C1. The fraction of sp³-hybridized carbons (Fsp3) is 0.545. The van der Waals surface area contributed by atoms with E-state index >= 15 is 0 Å². The van der Waals surface area contributed by atoms with Crippen LogP contribution < -0.4 is 10.6 Å². The van der Waals surface area contributed by atoms with Crippen molar-refractivity contribution < 1.29 is 4.92 Å². The fourth-order valence-electron chi connectivity index (χ4n) is 2.21. The Balaban J connectivity index is 2.17. The van der Waals surface area contributed by atoms with Gasteiger partial charge in [0, 0.05) is 32.2 Å². The third-order valence-electron chi connectivity index (χ3n) is 3.21. The van der Waals surface area contributed by atoms with E-state index < -0.39 is 4.92 Å². The van der Waals surface area contributed by atoms with Gasteiger partial charge >= 0.3 is 5.82 Å². The summed E-state index contributed by atoms with van der Waals surface area (Å²) in [5.41, 5.74) is 6.67. The molecule has 1 aliphatic heterocycles. The van der Waals surface area contributed by atoms with Crippen LogP contribution in [0.1, 0.15) is 0 Å². The van der Waals surface area contributed by atoms with Gasteiger partial charge in [-0.2, -0.15) is 0 Å². The van der Waals surface area contributed by atoms with Crippen molar-refractivity contribution in [2.45, 2.75) is 6.04 Å². The molecule has 7 nitrogen and oxygen atoms in total. The highest BCUT2D eigenvalue weighted by molar-refractivity contribution is 5.48. The number of likely N-dealkylation sites (N-methyl/N-ethyl adjacent to an activating group) is 1. The van der Waals surface area contributed by atoms with Gasteiger partial charge in [-0.1, -0.05) is 0 Å². The number of anilines is 1. The lowest BCUT2D eigenvalue weighted by Gasteiger charge is -2.40. The molecule has 7 heteroatoms. The lowest BCUT2D eigenvalue weighted by molar-refractivity contribution is -0.389. The number of nitrogens with zero attached hydrogens (tertiary/aromatic N) is 4. The van der Waals surface area contributed by atoms with E-state index in [1.54, 1.807) is 12.3 Å². The number of nitrogens with two attached hydrogens (primary N) is 1. The lowest BCUT2D eigenvalue weighted by atomic mass is 10.1. The monoisotopic (exact) mass is 251 g/mol. The zero-order valence-corrected chi connectivity index (χ0v) is 10.3. The summed E-state index contributed by atoms with van der Waals surface area (Å²) in [6.45, 7) is 3.26. The quantitative estimate of drug-likeness (QED) is 0.604. The standard InChI is InChI=1S/C11H17N5O2/c1-14-4-5-15(10(6-12)8-14)9-2-3-11(13-7-9)16(17)18/h2-3,7,10H,4-6,8,12H2,1H3. The van der Waals surface area contributed by atoms with Crippen LogP contribution in [-0.2, 0) is 0 Å². The van der Waals surface area contributed by atoms with Gasteiger partial charge in [-0.15, -0.1) is 0 Å². The Morgan fingerprint density at radius 2 is 2.33 bits per heavy atom. The van der Waals surface area contributed by atoms with E-state index in [0.29, 0.717) is 6.54 Å². The molecule has 0 bridgehead atoms. The summed E-state index contributed by atoms with van der Waals surface area (Å²) in [5.74, 6) is -0.128. The van der Waals surface area contributed by atoms with Crippen LogP contribution in [0.2, 0.25) is 0 Å². The summed E-state index contributed by atoms with van der Waals surface area (Å²) in [4.78, 5) is 18.3. The second-order valence-electron chi connectivity index (χ2n) is 4.48. The highest BCUT2D eigenvalue weighted by Crippen LogP contribution is 2.20. The van der Waals surface area contributed by atoms with Gasteiger partial charge in [0.15, 0.2) is 6.20 Å². The molecule has 1 atom stereocenters. The van der Waals surface area contributed by atoms with Gasteiger partial charge in [0.25, 0.3) is 0 Å². The van der Waals surface area contributed by atoms with Crippen LogP contribution in [0.5, 0.6) is 0 Å². The Hall–Kier alpha value is -1.73. The van der Waals surface area contributed by atoms with E-state index in [-0.39, 0.29) is 11.9 Å². The first kappa shape index (κ1) is 12.7. The number of hydrogen-bond donors (Lipinski definition) is 1. The summed E-state index contributed by atoms with van der Waals surface area (Å²) < 4.78 is 0. The van der Waals surface area contributed by atoms with Crippen molar-refractivity contribution in [1.82, 2.24) is 9.88 Å². The number of pyridine rings is 1. The Labute approximate surface area is 105 Å². The summed E-state index contributed by atoms with van der Waals surface area (Å²) in [5, 5.41) is 10.6. The summed E-state index contributed by atoms with van der Waals surface area (Å²) in [6.07, 6.45) is 1.55. The zero-order chi connectivity index (χ0) is 13.1. The van der Waals surface area contributed by atoms with Crippen LogP contribution in [0.25, 0.3) is 0 Å². The zero-order valence-electron chi connectivity index (χ0n) is 10.3. The van der Waals surface area contributed by atoms with E-state index in [0.717, 1.165) is 25.3 Å². The molecule has 0 amide bonds. The third kappa shape index (κ3) is 2.57. The van der Waals surface area contributed by atoms with Crippen molar-refractivity contribution in [3.8, 4) is 0 Å². The molecular formula is C11H17N5O2. The number of nitro groups is 1. The Morgan fingerprint density at radius 1 is 1.56 bits per heavy atom. The Morgan fingerprint density at radius 3 is 2.89 bits per heavy atom. The molecule has 0 spiro atoms. The number of rotatable bonds is 3. The first-order chi connectivity index (χ1) is 8.61. The molecule has 98 valence electrons. The number of piperazine rings is 1. The van der Waals surface area contributed by atoms with Gasteiger partial charge in [0.1, 0.15) is 0 Å². The van der Waals surface area contributed by atoms with E-state index in [4.69, 9.17) is 5.73 Å². The van der Waals surface area contributed by atoms with E-state index in [9.17, 15) is 10.1 Å². The van der Waals surface area contributed by atoms with Crippen LogP contribution in [0.3, 0.4) is 0 Å². The van der Waals surface area contributed by atoms with Gasteiger partial charge in [-0.25, -0.2) is 0 Å². The average molecular weight is 251 g/mol. The highest BCUT2D eigenvalue weighted by atomic mass is 16.6. The second-order valence-corrected chi connectivity index (χ2v) is 4.48. The summed E-state index contributed by atoms with van der Waals surface area (Å²) >= 11 is 0. The van der Waals surface area contributed by atoms with Crippen molar-refractivity contribution in [3.63, 3.8) is 0 Å². The molecule has 0 aromatic carbocycles. The van der Waals surface area contributed by atoms with Crippen LogP contribution in [0.15, 0.2) is 18.3 Å². The van der Waals surface area contributed by atoms with Crippen molar-refractivity contribution in [3.05, 3.63) is 28.4 Å². The van der Waals surface area contributed by atoms with Crippen LogP contribution >= 0.6 is 0 Å². The normalized spacial score (nSPS) is 21.0. The van der Waals surface area contributed by atoms with Crippen molar-refractivity contribution in [2.75, 3.05) is 38.1 Å². The number of aromatic nitrogens is 1. The van der Waals surface area contributed by atoms with E-state index in [2.05, 4.69) is 21.8 Å². The van der Waals surface area contributed by atoms with Crippen molar-refractivity contribution in [1.29, 1.82) is 0 Å². The smallest absolute Gasteiger partial charge is 0.362 e. The molecule has 18 heavy (non-hydrogen) atoms. The molecule has 2 rings (SSSR count). The predicted molar refractivity (Wildman–Crippen MR) is 68.6 cm³/mol. The van der Waals surface area contributed by atoms with Gasteiger partial charge in [-0.05, 0) is 23.0 Å². The maximum absolute atomic E-state index is 10.6. The molecule has 1 aromatic heterocycles. The van der Waals surface area contributed by atoms with Gasteiger partial charge in [0.2, 0.25) is 0 Å². The van der Waals surface area contributed by atoms with Gasteiger partial charge in [0.05, 0.1) is 11.7 Å². The van der Waals surface area contributed by atoms with Gasteiger partial charge in [-0.3, -0.25) is 0 Å². The Kier molecular flexibility index (Phi) is 3.73. The topological polar surface area (TPSA) is 88.5 Å². The largest absolute Gasteiger partial charge is 0.363 e. The summed E-state index contributed by atoms with van der Waals surface area (Å²) in [7, 11) is 2.06. The fourth-order valence-corrected chi connectivity index (χ4v) is 2.21. The van der Waals surface area contributed by atoms with E-state index in [1.807, 2.05) is 0 Å². The van der Waals surface area contributed by atoms with Crippen molar-refractivity contribution in [2.24, 2.45) is 5.73 Å². The predicted octanol–water partition coefficient (Wildman–Crippen LogP) is 0.0689. The molecule has 1 saturated heterocycles. The highest BCUT2D eigenvalue weighted by Gasteiger charge is 2.25. The molecule has 0 saturated carbocycles. The molecule has 0 aliphatic carbocycles. The Bertz CT molecular complexity index is 422. The minimum atomic E-state index is -0.492. The average Bonchev–Trinajstić information content (AvgIpc) is 2.38. The molecule has 1 aromatic rings. The minimum absolute atomic E-state index is 0.128. The lowest BCUT2D eigenvalue weighted by Crippen LogP contribution is -2.55. The van der Waals surface area contributed by atoms with E-state index in [1.165, 1.54) is 6.07 Å². The molecular weight excluding hydrogens is 234 g/mol. The molecule has 0 radical (unpaired) electrons. The first-order valence-electron chi connectivity index (χ1n) is 5.87. The molecule has 2 N–H and O–H groups in total. The number of hydrogen-bond acceptors (Lipinski definition) is 6. The second kappa shape index (κ2) is 5.28. The van der Waals surface area contributed by atoms with Crippen LogP contribution in [0.4, 0.5) is 11.5 Å². The summed E-state index contributed by atoms with van der Waals surface area (Å²) in [6, 6.07) is 3.40. The maximum atomic E-state index is 10.6. The molecule has 1 unspecified atom stereocenters. The van der Waals surface area contributed by atoms with Crippen molar-refractivity contribution >= 4 is 11.5 Å².